The number of hydrogen-bond acceptors (Lipinski definition) is 3. The van der Waals surface area contributed by atoms with Crippen molar-refractivity contribution in [2.45, 2.75) is 12.5 Å². The highest BCUT2D eigenvalue weighted by molar-refractivity contribution is 5.97. The van der Waals surface area contributed by atoms with E-state index in [1.54, 1.807) is 18.2 Å². The van der Waals surface area contributed by atoms with E-state index in [1.807, 2.05) is 36.4 Å². The van der Waals surface area contributed by atoms with E-state index in [0.717, 1.165) is 5.56 Å². The van der Waals surface area contributed by atoms with Crippen molar-refractivity contribution in [3.63, 3.8) is 0 Å². The molecule has 0 radical (unpaired) electrons. The molecule has 1 atom stereocenters. The first-order valence-corrected chi connectivity index (χ1v) is 7.78. The Morgan fingerprint density at radius 3 is 2.54 bits per heavy atom. The van der Waals surface area contributed by atoms with Crippen LogP contribution in [0.15, 0.2) is 65.6 Å². The molecule has 0 spiro atoms. The van der Waals surface area contributed by atoms with Gasteiger partial charge in [0.15, 0.2) is 0 Å². The highest BCUT2D eigenvalue weighted by Crippen LogP contribution is 2.17. The van der Waals surface area contributed by atoms with E-state index in [1.165, 1.54) is 6.20 Å². The van der Waals surface area contributed by atoms with Gasteiger partial charge in [0.05, 0.1) is 6.04 Å². The van der Waals surface area contributed by atoms with E-state index in [2.05, 4.69) is 10.3 Å². The smallest absolute Gasteiger partial charge is 0.257 e. The van der Waals surface area contributed by atoms with Crippen LogP contribution in [-0.4, -0.2) is 22.6 Å². The van der Waals surface area contributed by atoms with E-state index in [9.17, 15) is 14.7 Å². The summed E-state index contributed by atoms with van der Waals surface area (Å²) in [5, 5.41) is 12.6. The van der Waals surface area contributed by atoms with Gasteiger partial charge in [0.25, 0.3) is 5.91 Å². The number of amides is 1. The van der Waals surface area contributed by atoms with Crippen LogP contribution in [-0.2, 0) is 0 Å². The van der Waals surface area contributed by atoms with Crippen molar-refractivity contribution in [1.82, 2.24) is 10.3 Å². The van der Waals surface area contributed by atoms with Crippen LogP contribution < -0.4 is 10.7 Å². The summed E-state index contributed by atoms with van der Waals surface area (Å²) < 4.78 is 0. The van der Waals surface area contributed by atoms with Gasteiger partial charge >= 0.3 is 0 Å². The second-order valence-corrected chi connectivity index (χ2v) is 5.53. The molecule has 0 saturated carbocycles. The molecule has 3 aromatic rings. The summed E-state index contributed by atoms with van der Waals surface area (Å²) in [5.74, 6) is -0.454. The maximum absolute atomic E-state index is 12.6. The SMILES string of the molecule is O=C(NC(CCO)c1ccccc1)c1c[nH]c2ccccc2c1=O. The molecule has 1 unspecified atom stereocenters. The zero-order valence-corrected chi connectivity index (χ0v) is 13.0. The van der Waals surface area contributed by atoms with Crippen molar-refractivity contribution in [1.29, 1.82) is 0 Å². The second-order valence-electron chi connectivity index (χ2n) is 5.53. The molecule has 1 aromatic heterocycles. The second kappa shape index (κ2) is 7.10. The molecular formula is C19H18N2O3. The van der Waals surface area contributed by atoms with E-state index in [4.69, 9.17) is 0 Å². The van der Waals surface area contributed by atoms with Crippen LogP contribution in [0.2, 0.25) is 0 Å². The monoisotopic (exact) mass is 322 g/mol. The first kappa shape index (κ1) is 16.0. The minimum atomic E-state index is -0.454. The fraction of sp³-hybridized carbons (Fsp3) is 0.158. The molecule has 0 aliphatic rings. The first-order valence-electron chi connectivity index (χ1n) is 7.78. The van der Waals surface area contributed by atoms with Gasteiger partial charge in [0.1, 0.15) is 5.56 Å². The number of hydrogen-bond donors (Lipinski definition) is 3. The lowest BCUT2D eigenvalue weighted by atomic mass is 10.0. The standard InChI is InChI=1S/C19H18N2O3/c22-11-10-16(13-6-2-1-3-7-13)21-19(24)15-12-20-17-9-5-4-8-14(17)18(15)23/h1-9,12,16,22H,10-11H2,(H,20,23)(H,21,24). The Hall–Kier alpha value is -2.92. The lowest BCUT2D eigenvalue weighted by Gasteiger charge is -2.18. The number of aliphatic hydroxyl groups is 1. The van der Waals surface area contributed by atoms with Gasteiger partial charge in [-0.05, 0) is 24.1 Å². The van der Waals surface area contributed by atoms with Crippen LogP contribution in [0, 0.1) is 0 Å². The molecule has 1 heterocycles. The summed E-state index contributed by atoms with van der Waals surface area (Å²) in [6, 6.07) is 16.1. The van der Waals surface area contributed by atoms with Gasteiger partial charge in [-0.15, -0.1) is 0 Å². The molecule has 0 saturated heterocycles. The van der Waals surface area contributed by atoms with Crippen LogP contribution in [0.3, 0.4) is 0 Å². The molecule has 0 aliphatic carbocycles. The number of aromatic nitrogens is 1. The largest absolute Gasteiger partial charge is 0.396 e. The number of carbonyl (C=O) groups excluding carboxylic acids is 1. The third-order valence-corrected chi connectivity index (χ3v) is 3.96. The molecule has 1 amide bonds. The number of H-pyrrole nitrogens is 1. The minimum absolute atomic E-state index is 0.0616. The van der Waals surface area contributed by atoms with E-state index < -0.39 is 5.91 Å². The molecule has 0 fully saturated rings. The number of carbonyl (C=O) groups is 1. The van der Waals surface area contributed by atoms with Crippen LogP contribution in [0.25, 0.3) is 10.9 Å². The van der Waals surface area contributed by atoms with Crippen molar-refractivity contribution in [2.24, 2.45) is 0 Å². The van der Waals surface area contributed by atoms with Gasteiger partial charge in [0.2, 0.25) is 5.43 Å². The molecule has 2 aromatic carbocycles. The molecular weight excluding hydrogens is 304 g/mol. The quantitative estimate of drug-likeness (QED) is 0.674. The van der Waals surface area contributed by atoms with Crippen LogP contribution in [0.4, 0.5) is 0 Å². The summed E-state index contributed by atoms with van der Waals surface area (Å²) in [7, 11) is 0. The average Bonchev–Trinajstić information content (AvgIpc) is 2.62. The lowest BCUT2D eigenvalue weighted by molar-refractivity contribution is 0.0928. The Balaban J connectivity index is 1.91. The van der Waals surface area contributed by atoms with Crippen LogP contribution >= 0.6 is 0 Å². The predicted octanol–water partition coefficient (Wildman–Crippen LogP) is 2.38. The number of para-hydroxylation sites is 1. The topological polar surface area (TPSA) is 82.2 Å². The van der Waals surface area contributed by atoms with Crippen molar-refractivity contribution in [3.8, 4) is 0 Å². The number of benzene rings is 2. The normalized spacial score (nSPS) is 12.0. The Morgan fingerprint density at radius 2 is 1.79 bits per heavy atom. The van der Waals surface area contributed by atoms with Crippen molar-refractivity contribution >= 4 is 16.8 Å². The van der Waals surface area contributed by atoms with Gasteiger partial charge < -0.3 is 15.4 Å². The van der Waals surface area contributed by atoms with Crippen molar-refractivity contribution < 1.29 is 9.90 Å². The molecule has 5 heteroatoms. The van der Waals surface area contributed by atoms with Gasteiger partial charge in [-0.3, -0.25) is 9.59 Å². The van der Waals surface area contributed by atoms with Crippen LogP contribution in [0.1, 0.15) is 28.4 Å². The number of rotatable bonds is 5. The number of nitrogens with one attached hydrogen (secondary N) is 2. The minimum Gasteiger partial charge on any atom is -0.396 e. The Kier molecular flexibility index (Phi) is 4.72. The number of aromatic amines is 1. The van der Waals surface area contributed by atoms with Gasteiger partial charge in [0, 0.05) is 23.7 Å². The van der Waals surface area contributed by atoms with Crippen molar-refractivity contribution in [2.75, 3.05) is 6.61 Å². The van der Waals surface area contributed by atoms with E-state index in [0.29, 0.717) is 17.3 Å². The molecule has 3 rings (SSSR count). The molecule has 3 N–H and O–H groups in total. The zero-order chi connectivity index (χ0) is 16.9. The van der Waals surface area contributed by atoms with Gasteiger partial charge in [-0.1, -0.05) is 42.5 Å². The zero-order valence-electron chi connectivity index (χ0n) is 13.0. The summed E-state index contributed by atoms with van der Waals surface area (Å²) in [4.78, 5) is 28.0. The fourth-order valence-corrected chi connectivity index (χ4v) is 2.71. The Morgan fingerprint density at radius 1 is 1.08 bits per heavy atom. The third-order valence-electron chi connectivity index (χ3n) is 3.96. The lowest BCUT2D eigenvalue weighted by Crippen LogP contribution is -2.32. The molecule has 5 nitrogen and oxygen atoms in total. The summed E-state index contributed by atoms with van der Waals surface area (Å²) in [6.07, 6.45) is 1.81. The number of pyridine rings is 1. The highest BCUT2D eigenvalue weighted by atomic mass is 16.3. The van der Waals surface area contributed by atoms with E-state index in [-0.39, 0.29) is 23.6 Å². The summed E-state index contributed by atoms with van der Waals surface area (Å²) in [5.41, 5.74) is 1.33. The first-order chi connectivity index (χ1) is 11.7. The predicted molar refractivity (Wildman–Crippen MR) is 92.9 cm³/mol. The Labute approximate surface area is 139 Å². The van der Waals surface area contributed by atoms with E-state index >= 15 is 0 Å². The third kappa shape index (κ3) is 3.21. The fourth-order valence-electron chi connectivity index (χ4n) is 2.71. The summed E-state index contributed by atoms with van der Waals surface area (Å²) >= 11 is 0. The number of fused-ring (bicyclic) bond motifs is 1. The highest BCUT2D eigenvalue weighted by Gasteiger charge is 2.18. The molecule has 122 valence electrons. The maximum atomic E-state index is 12.6. The Bertz CT molecular complexity index is 903. The molecule has 0 bridgehead atoms. The van der Waals surface area contributed by atoms with Gasteiger partial charge in [-0.25, -0.2) is 0 Å². The average molecular weight is 322 g/mol. The molecule has 0 aliphatic heterocycles. The number of aliphatic hydroxyl groups excluding tert-OH is 1. The maximum Gasteiger partial charge on any atom is 0.257 e. The van der Waals surface area contributed by atoms with Gasteiger partial charge in [-0.2, -0.15) is 0 Å². The summed E-state index contributed by atoms with van der Waals surface area (Å²) in [6.45, 7) is -0.0616. The molecule has 24 heavy (non-hydrogen) atoms. The van der Waals surface area contributed by atoms with Crippen molar-refractivity contribution in [3.05, 3.63) is 82.1 Å². The van der Waals surface area contributed by atoms with Crippen LogP contribution in [0.5, 0.6) is 0 Å².